The topological polar surface area (TPSA) is 9.23 Å². The van der Waals surface area contributed by atoms with Crippen LogP contribution in [0.2, 0.25) is 0 Å². The molecule has 0 saturated carbocycles. The van der Waals surface area contributed by atoms with E-state index in [-0.39, 0.29) is 6.10 Å². The van der Waals surface area contributed by atoms with E-state index in [4.69, 9.17) is 4.74 Å². The van der Waals surface area contributed by atoms with Gasteiger partial charge in [0.25, 0.3) is 0 Å². The maximum atomic E-state index is 5.67. The highest BCUT2D eigenvalue weighted by atomic mass is 79.9. The third-order valence-corrected chi connectivity index (χ3v) is 2.42. The van der Waals surface area contributed by atoms with Gasteiger partial charge in [-0.15, -0.1) is 6.58 Å². The predicted molar refractivity (Wildman–Crippen MR) is 63.6 cm³/mol. The van der Waals surface area contributed by atoms with E-state index in [9.17, 15) is 0 Å². The zero-order valence-electron chi connectivity index (χ0n) is 8.16. The Bertz CT molecular complexity index is 258. The van der Waals surface area contributed by atoms with Crippen molar-refractivity contribution in [3.63, 3.8) is 0 Å². The van der Waals surface area contributed by atoms with E-state index in [1.54, 1.807) is 0 Å². The van der Waals surface area contributed by atoms with Gasteiger partial charge in [-0.05, 0) is 12.0 Å². The molecule has 0 saturated heterocycles. The number of alkyl halides is 1. The summed E-state index contributed by atoms with van der Waals surface area (Å²) in [6.07, 6.45) is 2.97. The van der Waals surface area contributed by atoms with Gasteiger partial charge in [-0.3, -0.25) is 0 Å². The Morgan fingerprint density at radius 3 is 2.64 bits per heavy atom. The molecule has 1 unspecified atom stereocenters. The number of halogens is 1. The van der Waals surface area contributed by atoms with Gasteiger partial charge in [0, 0.05) is 5.33 Å². The predicted octanol–water partition coefficient (Wildman–Crippen LogP) is 3.54. The van der Waals surface area contributed by atoms with Gasteiger partial charge in [-0.2, -0.15) is 0 Å². The van der Waals surface area contributed by atoms with Crippen molar-refractivity contribution in [1.82, 2.24) is 0 Å². The molecule has 0 radical (unpaired) electrons. The maximum Gasteiger partial charge on any atom is 0.0765 e. The Morgan fingerprint density at radius 2 is 2.07 bits per heavy atom. The lowest BCUT2D eigenvalue weighted by molar-refractivity contribution is 0.0708. The van der Waals surface area contributed by atoms with E-state index < -0.39 is 0 Å². The van der Waals surface area contributed by atoms with Gasteiger partial charge in [0.1, 0.15) is 0 Å². The van der Waals surface area contributed by atoms with E-state index >= 15 is 0 Å². The lowest BCUT2D eigenvalue weighted by atomic mass is 10.2. The van der Waals surface area contributed by atoms with E-state index in [2.05, 4.69) is 34.6 Å². The molecule has 76 valence electrons. The quantitative estimate of drug-likeness (QED) is 0.558. The monoisotopic (exact) mass is 254 g/mol. The van der Waals surface area contributed by atoms with Gasteiger partial charge in [0.15, 0.2) is 0 Å². The van der Waals surface area contributed by atoms with Crippen LogP contribution in [0, 0.1) is 0 Å². The molecular weight excluding hydrogens is 240 g/mol. The molecule has 0 bridgehead atoms. The lowest BCUT2D eigenvalue weighted by Gasteiger charge is -2.12. The second-order valence-corrected chi connectivity index (χ2v) is 3.84. The Balaban J connectivity index is 2.35. The number of hydrogen-bond acceptors (Lipinski definition) is 1. The van der Waals surface area contributed by atoms with Crippen molar-refractivity contribution in [2.24, 2.45) is 0 Å². The zero-order chi connectivity index (χ0) is 10.2. The molecule has 0 N–H and O–H groups in total. The summed E-state index contributed by atoms with van der Waals surface area (Å²) in [5.74, 6) is 0. The Morgan fingerprint density at radius 1 is 1.36 bits per heavy atom. The summed E-state index contributed by atoms with van der Waals surface area (Å²) in [5.41, 5.74) is 1.20. The smallest absolute Gasteiger partial charge is 0.0765 e. The molecule has 0 heterocycles. The first-order chi connectivity index (χ1) is 6.86. The largest absolute Gasteiger partial charge is 0.369 e. The highest BCUT2D eigenvalue weighted by Gasteiger charge is 2.02. The summed E-state index contributed by atoms with van der Waals surface area (Å²) in [7, 11) is 0. The minimum Gasteiger partial charge on any atom is -0.369 e. The van der Waals surface area contributed by atoms with Crippen molar-refractivity contribution in [3.8, 4) is 0 Å². The van der Waals surface area contributed by atoms with Crippen LogP contribution < -0.4 is 0 Å². The first kappa shape index (κ1) is 11.5. The van der Waals surface area contributed by atoms with Gasteiger partial charge in [-0.25, -0.2) is 0 Å². The molecule has 1 rings (SSSR count). The molecule has 0 aliphatic rings. The Labute approximate surface area is 93.9 Å². The van der Waals surface area contributed by atoms with Crippen LogP contribution in [-0.4, -0.2) is 11.4 Å². The fraction of sp³-hybridized carbons (Fsp3) is 0.333. The van der Waals surface area contributed by atoms with E-state index in [0.717, 1.165) is 11.8 Å². The standard InChI is InChI=1S/C12H15BrO/c1-2-12(8-9-13)14-10-11-6-4-3-5-7-11/h2-7,12H,1,8-10H2. The van der Waals surface area contributed by atoms with Crippen LogP contribution in [0.3, 0.4) is 0 Å². The van der Waals surface area contributed by atoms with Crippen LogP contribution in [0.1, 0.15) is 12.0 Å². The molecule has 1 nitrogen and oxygen atoms in total. The van der Waals surface area contributed by atoms with E-state index in [1.807, 2.05) is 24.3 Å². The van der Waals surface area contributed by atoms with Gasteiger partial charge >= 0.3 is 0 Å². The number of hydrogen-bond donors (Lipinski definition) is 0. The molecule has 0 aliphatic heterocycles. The normalized spacial score (nSPS) is 12.4. The fourth-order valence-electron chi connectivity index (χ4n) is 1.15. The summed E-state index contributed by atoms with van der Waals surface area (Å²) < 4.78 is 5.67. The molecule has 14 heavy (non-hydrogen) atoms. The third-order valence-electron chi connectivity index (χ3n) is 1.96. The van der Waals surface area contributed by atoms with Crippen LogP contribution in [-0.2, 0) is 11.3 Å². The van der Waals surface area contributed by atoms with Crippen molar-refractivity contribution >= 4 is 15.9 Å². The van der Waals surface area contributed by atoms with E-state index in [1.165, 1.54) is 5.56 Å². The molecule has 1 aromatic carbocycles. The molecular formula is C12H15BrO. The maximum absolute atomic E-state index is 5.67. The summed E-state index contributed by atoms with van der Waals surface area (Å²) in [6.45, 7) is 4.40. The Hall–Kier alpha value is -0.600. The first-order valence-electron chi connectivity index (χ1n) is 4.71. The molecule has 0 aliphatic carbocycles. The molecule has 1 atom stereocenters. The van der Waals surface area contributed by atoms with Crippen molar-refractivity contribution in [3.05, 3.63) is 48.6 Å². The van der Waals surface area contributed by atoms with Crippen molar-refractivity contribution in [2.75, 3.05) is 5.33 Å². The second-order valence-electron chi connectivity index (χ2n) is 3.05. The summed E-state index contributed by atoms with van der Waals surface area (Å²) >= 11 is 3.39. The second kappa shape index (κ2) is 6.80. The molecule has 0 amide bonds. The van der Waals surface area contributed by atoms with E-state index in [0.29, 0.717) is 6.61 Å². The zero-order valence-corrected chi connectivity index (χ0v) is 9.74. The van der Waals surface area contributed by atoms with Crippen LogP contribution in [0.25, 0.3) is 0 Å². The summed E-state index contributed by atoms with van der Waals surface area (Å²) in [5, 5.41) is 0.943. The highest BCUT2D eigenvalue weighted by molar-refractivity contribution is 9.09. The lowest BCUT2D eigenvalue weighted by Crippen LogP contribution is -2.09. The molecule has 2 heteroatoms. The minimum atomic E-state index is 0.148. The molecule has 0 spiro atoms. The highest BCUT2D eigenvalue weighted by Crippen LogP contribution is 2.07. The average molecular weight is 255 g/mol. The number of benzene rings is 1. The Kier molecular flexibility index (Phi) is 5.57. The van der Waals surface area contributed by atoms with Crippen LogP contribution >= 0.6 is 15.9 Å². The molecule has 0 aromatic heterocycles. The van der Waals surface area contributed by atoms with Gasteiger partial charge < -0.3 is 4.74 Å². The molecule has 1 aromatic rings. The van der Waals surface area contributed by atoms with Gasteiger partial charge in [0.05, 0.1) is 12.7 Å². The minimum absolute atomic E-state index is 0.148. The molecule has 0 fully saturated rings. The van der Waals surface area contributed by atoms with Crippen molar-refractivity contribution < 1.29 is 4.74 Å². The fourth-order valence-corrected chi connectivity index (χ4v) is 1.61. The van der Waals surface area contributed by atoms with Gasteiger partial charge in [-0.1, -0.05) is 52.3 Å². The average Bonchev–Trinajstić information content (AvgIpc) is 2.25. The van der Waals surface area contributed by atoms with Crippen LogP contribution in [0.5, 0.6) is 0 Å². The SMILES string of the molecule is C=CC(CCBr)OCc1ccccc1. The van der Waals surface area contributed by atoms with Crippen LogP contribution in [0.4, 0.5) is 0 Å². The van der Waals surface area contributed by atoms with Gasteiger partial charge in [0.2, 0.25) is 0 Å². The van der Waals surface area contributed by atoms with Crippen molar-refractivity contribution in [1.29, 1.82) is 0 Å². The third kappa shape index (κ3) is 4.07. The first-order valence-corrected chi connectivity index (χ1v) is 5.83. The summed E-state index contributed by atoms with van der Waals surface area (Å²) in [4.78, 5) is 0. The number of rotatable bonds is 6. The summed E-state index contributed by atoms with van der Waals surface area (Å²) in [6, 6.07) is 10.2. The van der Waals surface area contributed by atoms with Crippen molar-refractivity contribution in [2.45, 2.75) is 19.1 Å². The van der Waals surface area contributed by atoms with Crippen LogP contribution in [0.15, 0.2) is 43.0 Å². The number of ether oxygens (including phenoxy) is 1.